The molecule has 0 aromatic rings. The van der Waals surface area contributed by atoms with E-state index in [1.807, 2.05) is 7.11 Å². The van der Waals surface area contributed by atoms with Gasteiger partial charge in [0.05, 0.1) is 6.10 Å². The van der Waals surface area contributed by atoms with E-state index in [1.54, 1.807) is 7.11 Å². The zero-order valence-electron chi connectivity index (χ0n) is 14.3. The molecule has 2 aliphatic carbocycles. The van der Waals surface area contributed by atoms with E-state index >= 15 is 0 Å². The van der Waals surface area contributed by atoms with Crippen molar-refractivity contribution in [2.45, 2.75) is 83.2 Å². The Labute approximate surface area is 132 Å². The largest absolute Gasteiger partial charge is 0.385 e. The van der Waals surface area contributed by atoms with E-state index in [1.165, 1.54) is 70.6 Å². The Balaban J connectivity index is 1.95. The van der Waals surface area contributed by atoms with Crippen LogP contribution in [0, 0.1) is 17.8 Å². The van der Waals surface area contributed by atoms with Crippen LogP contribution in [0.2, 0.25) is 0 Å². The predicted molar refractivity (Wildman–Crippen MR) is 88.5 cm³/mol. The van der Waals surface area contributed by atoms with Crippen LogP contribution in [0.5, 0.6) is 0 Å². The van der Waals surface area contributed by atoms with Gasteiger partial charge in [-0.3, -0.25) is 0 Å². The fraction of sp³-hybridized carbons (Fsp3) is 1.00. The van der Waals surface area contributed by atoms with Gasteiger partial charge in [0.25, 0.3) is 0 Å². The average Bonchev–Trinajstić information content (AvgIpc) is 2.57. The van der Waals surface area contributed by atoms with Crippen LogP contribution in [-0.2, 0) is 9.47 Å². The SMILES string of the molecule is COCCC(CC(C1CCCCC1)C1CCCCC1)OC. The Kier molecular flexibility index (Phi) is 8.10. The second-order valence-electron chi connectivity index (χ2n) is 7.33. The molecular weight excluding hydrogens is 260 g/mol. The van der Waals surface area contributed by atoms with E-state index in [9.17, 15) is 0 Å². The van der Waals surface area contributed by atoms with Gasteiger partial charge in [-0.15, -0.1) is 0 Å². The van der Waals surface area contributed by atoms with Crippen molar-refractivity contribution in [3.63, 3.8) is 0 Å². The first-order valence-electron chi connectivity index (χ1n) is 9.37. The Hall–Kier alpha value is -0.0800. The van der Waals surface area contributed by atoms with Gasteiger partial charge in [0.15, 0.2) is 0 Å². The lowest BCUT2D eigenvalue weighted by molar-refractivity contribution is 0.0196. The third-order valence-electron chi connectivity index (χ3n) is 6.02. The first-order valence-corrected chi connectivity index (χ1v) is 9.37. The lowest BCUT2D eigenvalue weighted by Crippen LogP contribution is -2.31. The van der Waals surface area contributed by atoms with Gasteiger partial charge in [0.1, 0.15) is 0 Å². The normalized spacial score (nSPS) is 23.6. The smallest absolute Gasteiger partial charge is 0.0596 e. The van der Waals surface area contributed by atoms with Gasteiger partial charge < -0.3 is 9.47 Å². The Morgan fingerprint density at radius 3 is 1.76 bits per heavy atom. The van der Waals surface area contributed by atoms with Crippen molar-refractivity contribution in [3.05, 3.63) is 0 Å². The van der Waals surface area contributed by atoms with Crippen molar-refractivity contribution in [3.8, 4) is 0 Å². The van der Waals surface area contributed by atoms with Crippen molar-refractivity contribution in [2.75, 3.05) is 20.8 Å². The molecule has 0 radical (unpaired) electrons. The minimum absolute atomic E-state index is 0.402. The van der Waals surface area contributed by atoms with Crippen LogP contribution in [-0.4, -0.2) is 26.9 Å². The molecule has 1 unspecified atom stereocenters. The van der Waals surface area contributed by atoms with E-state index in [0.29, 0.717) is 6.10 Å². The summed E-state index contributed by atoms with van der Waals surface area (Å²) in [5, 5.41) is 0. The quantitative estimate of drug-likeness (QED) is 0.612. The highest BCUT2D eigenvalue weighted by atomic mass is 16.5. The lowest BCUT2D eigenvalue weighted by Gasteiger charge is -2.39. The molecule has 0 aromatic carbocycles. The first-order chi connectivity index (χ1) is 10.3. The van der Waals surface area contributed by atoms with Crippen molar-refractivity contribution >= 4 is 0 Å². The maximum Gasteiger partial charge on any atom is 0.0596 e. The molecule has 0 amide bonds. The highest BCUT2D eigenvalue weighted by molar-refractivity contribution is 4.83. The van der Waals surface area contributed by atoms with E-state index in [2.05, 4.69) is 0 Å². The summed E-state index contributed by atoms with van der Waals surface area (Å²) in [7, 11) is 3.69. The molecular formula is C19H36O2. The topological polar surface area (TPSA) is 18.5 Å². The summed E-state index contributed by atoms with van der Waals surface area (Å²) < 4.78 is 11.1. The van der Waals surface area contributed by atoms with E-state index in [0.717, 1.165) is 30.8 Å². The zero-order valence-corrected chi connectivity index (χ0v) is 14.3. The Bertz CT molecular complexity index is 236. The average molecular weight is 296 g/mol. The second kappa shape index (κ2) is 9.84. The maximum atomic E-state index is 5.78. The minimum atomic E-state index is 0.402. The third-order valence-corrected chi connectivity index (χ3v) is 6.02. The molecule has 2 saturated carbocycles. The number of rotatable bonds is 8. The molecule has 1 atom stereocenters. The van der Waals surface area contributed by atoms with Crippen LogP contribution in [0.4, 0.5) is 0 Å². The molecule has 0 aromatic heterocycles. The summed E-state index contributed by atoms with van der Waals surface area (Å²) in [6, 6.07) is 0. The van der Waals surface area contributed by atoms with Gasteiger partial charge in [0.2, 0.25) is 0 Å². The summed E-state index contributed by atoms with van der Waals surface area (Å²) >= 11 is 0. The molecule has 0 heterocycles. The van der Waals surface area contributed by atoms with Gasteiger partial charge in [0, 0.05) is 20.8 Å². The zero-order chi connectivity index (χ0) is 14.9. The molecule has 21 heavy (non-hydrogen) atoms. The van der Waals surface area contributed by atoms with Crippen LogP contribution in [0.25, 0.3) is 0 Å². The third kappa shape index (κ3) is 5.56. The number of ether oxygens (including phenoxy) is 2. The van der Waals surface area contributed by atoms with E-state index < -0.39 is 0 Å². The molecule has 0 saturated heterocycles. The van der Waals surface area contributed by atoms with Gasteiger partial charge in [-0.25, -0.2) is 0 Å². The minimum Gasteiger partial charge on any atom is -0.385 e. The fourth-order valence-electron chi connectivity index (χ4n) is 4.78. The number of hydrogen-bond acceptors (Lipinski definition) is 2. The second-order valence-corrected chi connectivity index (χ2v) is 7.33. The first kappa shape index (κ1) is 17.3. The highest BCUT2D eigenvalue weighted by Gasteiger charge is 2.33. The van der Waals surface area contributed by atoms with Crippen LogP contribution in [0.1, 0.15) is 77.0 Å². The van der Waals surface area contributed by atoms with Gasteiger partial charge in [-0.05, 0) is 30.6 Å². The van der Waals surface area contributed by atoms with Crippen LogP contribution >= 0.6 is 0 Å². The molecule has 2 heteroatoms. The van der Waals surface area contributed by atoms with Gasteiger partial charge >= 0.3 is 0 Å². The van der Waals surface area contributed by atoms with Crippen LogP contribution < -0.4 is 0 Å². The molecule has 124 valence electrons. The summed E-state index contributed by atoms with van der Waals surface area (Å²) in [6.07, 6.45) is 17.4. The molecule has 2 nitrogen and oxygen atoms in total. The van der Waals surface area contributed by atoms with Crippen LogP contribution in [0.15, 0.2) is 0 Å². The van der Waals surface area contributed by atoms with E-state index in [4.69, 9.17) is 9.47 Å². The summed E-state index contributed by atoms with van der Waals surface area (Å²) in [5.41, 5.74) is 0. The molecule has 2 rings (SSSR count). The van der Waals surface area contributed by atoms with Crippen molar-refractivity contribution in [1.29, 1.82) is 0 Å². The van der Waals surface area contributed by atoms with Crippen LogP contribution in [0.3, 0.4) is 0 Å². The molecule has 0 aliphatic heterocycles. The van der Waals surface area contributed by atoms with Crippen molar-refractivity contribution in [2.24, 2.45) is 17.8 Å². The highest BCUT2D eigenvalue weighted by Crippen LogP contribution is 2.42. The fourth-order valence-corrected chi connectivity index (χ4v) is 4.78. The van der Waals surface area contributed by atoms with Gasteiger partial charge in [-0.1, -0.05) is 64.2 Å². The number of methoxy groups -OCH3 is 2. The monoisotopic (exact) mass is 296 g/mol. The molecule has 0 spiro atoms. The Morgan fingerprint density at radius 1 is 0.810 bits per heavy atom. The summed E-state index contributed by atoms with van der Waals surface area (Å²) in [6.45, 7) is 0.834. The van der Waals surface area contributed by atoms with Crippen molar-refractivity contribution in [1.82, 2.24) is 0 Å². The summed E-state index contributed by atoms with van der Waals surface area (Å²) in [5.74, 6) is 2.86. The lowest BCUT2D eigenvalue weighted by atomic mass is 9.67. The van der Waals surface area contributed by atoms with E-state index in [-0.39, 0.29) is 0 Å². The molecule has 2 aliphatic rings. The molecule has 0 bridgehead atoms. The van der Waals surface area contributed by atoms with Crippen molar-refractivity contribution < 1.29 is 9.47 Å². The number of hydrogen-bond donors (Lipinski definition) is 0. The predicted octanol–water partition coefficient (Wildman–Crippen LogP) is 5.20. The standard InChI is InChI=1S/C19H36O2/c1-20-14-13-18(21-2)15-19(16-9-5-3-6-10-16)17-11-7-4-8-12-17/h16-19H,3-15H2,1-2H3. The molecule has 0 N–H and O–H groups in total. The molecule has 2 fully saturated rings. The maximum absolute atomic E-state index is 5.78. The van der Waals surface area contributed by atoms with Gasteiger partial charge in [-0.2, -0.15) is 0 Å². The Morgan fingerprint density at radius 2 is 1.33 bits per heavy atom. The summed E-state index contributed by atoms with van der Waals surface area (Å²) in [4.78, 5) is 0.